The van der Waals surface area contributed by atoms with Gasteiger partial charge in [-0.25, -0.2) is 0 Å². The van der Waals surface area contributed by atoms with E-state index in [9.17, 15) is 4.79 Å². The molecule has 0 bridgehead atoms. The number of ketones is 1. The number of ether oxygens (including phenoxy) is 2. The third kappa shape index (κ3) is 2.69. The highest BCUT2D eigenvalue weighted by molar-refractivity contribution is 6.42. The summed E-state index contributed by atoms with van der Waals surface area (Å²) in [4.78, 5) is 15.0. The molecule has 3 aliphatic rings. The van der Waals surface area contributed by atoms with Gasteiger partial charge in [0.05, 0.1) is 21.2 Å². The molecule has 132 valence electrons. The van der Waals surface area contributed by atoms with E-state index in [4.69, 9.17) is 32.7 Å². The van der Waals surface area contributed by atoms with Gasteiger partial charge in [0.1, 0.15) is 18.2 Å². The van der Waals surface area contributed by atoms with Crippen LogP contribution < -0.4 is 9.47 Å². The fraction of sp³-hybridized carbons (Fsp3) is 0.250. The van der Waals surface area contributed by atoms with Crippen LogP contribution in [0.25, 0.3) is 6.08 Å². The number of fused-ring (bicyclic) bond motifs is 3. The van der Waals surface area contributed by atoms with E-state index in [0.717, 1.165) is 23.4 Å². The number of carbonyl (C=O) groups excluding carboxylic acids is 1. The normalized spacial score (nSPS) is 20.5. The Bertz CT molecular complexity index is 966. The van der Waals surface area contributed by atoms with Crippen molar-refractivity contribution in [3.05, 3.63) is 62.8 Å². The van der Waals surface area contributed by atoms with Gasteiger partial charge in [-0.3, -0.25) is 9.69 Å². The summed E-state index contributed by atoms with van der Waals surface area (Å²) in [6.45, 7) is 1.34. The average Bonchev–Trinajstić information content (AvgIpc) is 3.44. The molecule has 0 atom stereocenters. The van der Waals surface area contributed by atoms with Gasteiger partial charge in [-0.05, 0) is 48.7 Å². The van der Waals surface area contributed by atoms with Crippen LogP contribution in [0.5, 0.6) is 11.5 Å². The summed E-state index contributed by atoms with van der Waals surface area (Å²) in [6, 6.07) is 9.44. The lowest BCUT2D eigenvalue weighted by Crippen LogP contribution is -2.33. The predicted molar refractivity (Wildman–Crippen MR) is 99.9 cm³/mol. The van der Waals surface area contributed by atoms with Crippen molar-refractivity contribution in [1.82, 2.24) is 4.90 Å². The molecule has 0 radical (unpaired) electrons. The molecule has 0 spiro atoms. The number of hydrogen-bond donors (Lipinski definition) is 0. The first-order chi connectivity index (χ1) is 12.6. The fourth-order valence-corrected chi connectivity index (χ4v) is 3.71. The number of halogens is 2. The van der Waals surface area contributed by atoms with Crippen LogP contribution in [0.1, 0.15) is 34.3 Å². The zero-order valence-electron chi connectivity index (χ0n) is 13.8. The molecular formula is C20H15Cl2NO3. The van der Waals surface area contributed by atoms with Crippen molar-refractivity contribution in [3.63, 3.8) is 0 Å². The topological polar surface area (TPSA) is 38.8 Å². The second-order valence-corrected chi connectivity index (χ2v) is 7.60. The maximum atomic E-state index is 12.8. The van der Waals surface area contributed by atoms with Gasteiger partial charge in [-0.1, -0.05) is 29.3 Å². The van der Waals surface area contributed by atoms with Crippen LogP contribution in [0.3, 0.4) is 0 Å². The largest absolute Gasteiger partial charge is 0.478 e. The highest BCUT2D eigenvalue weighted by atomic mass is 35.5. The van der Waals surface area contributed by atoms with Crippen molar-refractivity contribution in [2.45, 2.75) is 25.4 Å². The summed E-state index contributed by atoms with van der Waals surface area (Å²) >= 11 is 12.0. The van der Waals surface area contributed by atoms with Gasteiger partial charge in [-0.2, -0.15) is 0 Å². The Hall–Kier alpha value is -2.01. The van der Waals surface area contributed by atoms with Crippen LogP contribution >= 0.6 is 23.2 Å². The number of benzene rings is 2. The van der Waals surface area contributed by atoms with E-state index < -0.39 is 0 Å². The third-order valence-corrected chi connectivity index (χ3v) is 5.69. The average molecular weight is 388 g/mol. The number of nitrogens with zero attached hydrogens (tertiary/aromatic N) is 1. The predicted octanol–water partition coefficient (Wildman–Crippen LogP) is 4.92. The maximum absolute atomic E-state index is 12.8. The maximum Gasteiger partial charge on any atom is 0.231 e. The first-order valence-electron chi connectivity index (χ1n) is 8.52. The van der Waals surface area contributed by atoms with Gasteiger partial charge in [0.15, 0.2) is 5.76 Å². The van der Waals surface area contributed by atoms with E-state index in [1.165, 1.54) is 12.8 Å². The summed E-state index contributed by atoms with van der Waals surface area (Å²) in [5, 5.41) is 0.914. The number of Topliss-reactive ketones (excluding diaryl/α,β-unsaturated/α-hetero) is 1. The van der Waals surface area contributed by atoms with E-state index in [-0.39, 0.29) is 11.5 Å². The van der Waals surface area contributed by atoms with Gasteiger partial charge >= 0.3 is 0 Å². The Balaban J connectivity index is 1.50. The summed E-state index contributed by atoms with van der Waals surface area (Å²) in [6.07, 6.45) is 4.10. The molecule has 0 N–H and O–H groups in total. The van der Waals surface area contributed by atoms with Crippen molar-refractivity contribution in [1.29, 1.82) is 0 Å². The first kappa shape index (κ1) is 16.2. The molecule has 2 aromatic rings. The van der Waals surface area contributed by atoms with Crippen LogP contribution in [-0.2, 0) is 6.54 Å². The molecule has 6 heteroatoms. The molecule has 0 amide bonds. The third-order valence-electron chi connectivity index (χ3n) is 4.95. The lowest BCUT2D eigenvalue weighted by molar-refractivity contribution is 0.0868. The Morgan fingerprint density at radius 2 is 1.96 bits per heavy atom. The summed E-state index contributed by atoms with van der Waals surface area (Å²) in [7, 11) is 0. The molecule has 2 aromatic carbocycles. The number of allylic oxidation sites excluding steroid dienone is 1. The molecule has 4 nitrogen and oxygen atoms in total. The number of carbonyl (C=O) groups is 1. The van der Waals surface area contributed by atoms with E-state index in [0.29, 0.717) is 34.1 Å². The van der Waals surface area contributed by atoms with Crippen molar-refractivity contribution >= 4 is 35.1 Å². The zero-order chi connectivity index (χ0) is 17.8. The van der Waals surface area contributed by atoms with Crippen LogP contribution in [0.2, 0.25) is 10.0 Å². The van der Waals surface area contributed by atoms with Crippen molar-refractivity contribution in [2.24, 2.45) is 0 Å². The minimum atomic E-state index is -0.127. The quantitative estimate of drug-likeness (QED) is 0.685. The smallest absolute Gasteiger partial charge is 0.231 e. The fourth-order valence-electron chi connectivity index (χ4n) is 3.40. The molecule has 1 fully saturated rings. The van der Waals surface area contributed by atoms with Gasteiger partial charge in [0.25, 0.3) is 0 Å². The van der Waals surface area contributed by atoms with Crippen LogP contribution in [0, 0.1) is 0 Å². The van der Waals surface area contributed by atoms with Gasteiger partial charge < -0.3 is 9.47 Å². The molecule has 2 heterocycles. The van der Waals surface area contributed by atoms with Crippen molar-refractivity contribution in [3.8, 4) is 11.5 Å². The Labute approximate surface area is 160 Å². The minimum absolute atomic E-state index is 0.127. The monoisotopic (exact) mass is 387 g/mol. The SMILES string of the molecule is O=C1/C(=C/c2ccc(Cl)c(Cl)c2)Oc2c1ccc1c2CN(C2CC2)CO1. The highest BCUT2D eigenvalue weighted by Gasteiger charge is 2.37. The van der Waals surface area contributed by atoms with Crippen molar-refractivity contribution in [2.75, 3.05) is 6.73 Å². The van der Waals surface area contributed by atoms with Crippen molar-refractivity contribution < 1.29 is 14.3 Å². The zero-order valence-corrected chi connectivity index (χ0v) is 15.3. The minimum Gasteiger partial charge on any atom is -0.478 e. The van der Waals surface area contributed by atoms with Crippen LogP contribution in [0.4, 0.5) is 0 Å². The molecule has 5 rings (SSSR count). The van der Waals surface area contributed by atoms with E-state index in [1.807, 2.05) is 6.07 Å². The Kier molecular flexibility index (Phi) is 3.74. The molecule has 0 aromatic heterocycles. The molecule has 1 aliphatic carbocycles. The van der Waals surface area contributed by atoms with E-state index in [2.05, 4.69) is 4.90 Å². The highest BCUT2D eigenvalue weighted by Crippen LogP contribution is 2.43. The summed E-state index contributed by atoms with van der Waals surface area (Å²) < 4.78 is 11.8. The number of rotatable bonds is 2. The van der Waals surface area contributed by atoms with Gasteiger partial charge in [0, 0.05) is 12.6 Å². The molecular weight excluding hydrogens is 373 g/mol. The second kappa shape index (κ2) is 6.02. The van der Waals surface area contributed by atoms with E-state index in [1.54, 1.807) is 30.3 Å². The first-order valence-corrected chi connectivity index (χ1v) is 9.28. The molecule has 0 unspecified atom stereocenters. The summed E-state index contributed by atoms with van der Waals surface area (Å²) in [5.74, 6) is 1.57. The second-order valence-electron chi connectivity index (χ2n) is 6.78. The van der Waals surface area contributed by atoms with E-state index >= 15 is 0 Å². The van der Waals surface area contributed by atoms with Gasteiger partial charge in [-0.15, -0.1) is 0 Å². The molecule has 0 saturated heterocycles. The Morgan fingerprint density at radius 1 is 1.12 bits per heavy atom. The number of hydrogen-bond acceptors (Lipinski definition) is 4. The summed E-state index contributed by atoms with van der Waals surface area (Å²) in [5.41, 5.74) is 2.29. The lowest BCUT2D eigenvalue weighted by Gasteiger charge is -2.29. The molecule has 26 heavy (non-hydrogen) atoms. The van der Waals surface area contributed by atoms with Crippen LogP contribution in [-0.4, -0.2) is 23.5 Å². The standard InChI is InChI=1S/C20H15Cl2NO3/c21-15-5-1-11(7-16(15)22)8-18-19(24)13-4-6-17-14(20(13)26-18)9-23(10-25-17)12-2-3-12/h1,4-8,12H,2-3,9-10H2/b18-8-. The lowest BCUT2D eigenvalue weighted by atomic mass is 10.0. The Morgan fingerprint density at radius 3 is 2.73 bits per heavy atom. The molecule has 1 saturated carbocycles. The molecule has 2 aliphatic heterocycles. The van der Waals surface area contributed by atoms with Gasteiger partial charge in [0.2, 0.25) is 5.78 Å². The van der Waals surface area contributed by atoms with Crippen LogP contribution in [0.15, 0.2) is 36.1 Å².